The molecule has 0 bridgehead atoms. The van der Waals surface area contributed by atoms with Gasteiger partial charge in [-0.05, 0) is 24.3 Å². The second-order valence-corrected chi connectivity index (χ2v) is 5.31. The van der Waals surface area contributed by atoms with Crippen LogP contribution in [0.25, 0.3) is 22.9 Å². The Morgan fingerprint density at radius 3 is 2.48 bits per heavy atom. The highest BCUT2D eigenvalue weighted by Gasteiger charge is 2.14. The first-order valence-electron chi connectivity index (χ1n) is 7.33. The lowest BCUT2D eigenvalue weighted by Gasteiger charge is -2.07. The van der Waals surface area contributed by atoms with E-state index in [0.717, 1.165) is 6.07 Å². The zero-order chi connectivity index (χ0) is 17.4. The van der Waals surface area contributed by atoms with Gasteiger partial charge in [0, 0.05) is 18.5 Å². The molecule has 1 radical (unpaired) electrons. The Hall–Kier alpha value is -3.35. The zero-order valence-electron chi connectivity index (χ0n) is 12.7. The molecule has 0 aliphatic carbocycles. The van der Waals surface area contributed by atoms with Gasteiger partial charge in [-0.25, -0.2) is 23.1 Å². The number of hydrogen-bond acceptors (Lipinski definition) is 2. The van der Waals surface area contributed by atoms with Crippen molar-refractivity contribution in [2.24, 2.45) is 0 Å². The van der Waals surface area contributed by atoms with Crippen LogP contribution in [0.1, 0.15) is 0 Å². The third-order valence-electron chi connectivity index (χ3n) is 3.65. The summed E-state index contributed by atoms with van der Waals surface area (Å²) in [5.74, 6) is -1.47. The molecule has 0 fully saturated rings. The van der Waals surface area contributed by atoms with Crippen LogP contribution in [0.5, 0.6) is 0 Å². The summed E-state index contributed by atoms with van der Waals surface area (Å²) < 4.78 is 43.8. The molecule has 4 rings (SSSR count). The summed E-state index contributed by atoms with van der Waals surface area (Å²) >= 11 is 0. The monoisotopic (exact) mass is 339 g/mol. The quantitative estimate of drug-likeness (QED) is 0.567. The minimum Gasteiger partial charge on any atom is -0.303 e. The summed E-state index contributed by atoms with van der Waals surface area (Å²) in [5.41, 5.74) is 0.996. The van der Waals surface area contributed by atoms with E-state index in [2.05, 4.69) is 16.2 Å². The number of hydrogen-bond donors (Lipinski definition) is 0. The smallest absolute Gasteiger partial charge is 0.165 e. The van der Waals surface area contributed by atoms with Gasteiger partial charge in [-0.2, -0.15) is 0 Å². The van der Waals surface area contributed by atoms with Gasteiger partial charge in [0.2, 0.25) is 0 Å². The van der Waals surface area contributed by atoms with Gasteiger partial charge in [0.15, 0.2) is 5.82 Å². The van der Waals surface area contributed by atoms with Crippen LogP contribution in [0.3, 0.4) is 0 Å². The predicted molar refractivity (Wildman–Crippen MR) is 84.8 cm³/mol. The van der Waals surface area contributed by atoms with Crippen molar-refractivity contribution in [1.29, 1.82) is 0 Å². The third-order valence-corrected chi connectivity index (χ3v) is 3.65. The average Bonchev–Trinajstić information content (AvgIpc) is 3.23. The molecular weight excluding hydrogens is 329 g/mol. The van der Waals surface area contributed by atoms with Crippen LogP contribution in [0.4, 0.5) is 13.2 Å². The molecule has 2 heterocycles. The van der Waals surface area contributed by atoms with Gasteiger partial charge < -0.3 is 4.57 Å². The van der Waals surface area contributed by atoms with E-state index in [1.54, 1.807) is 24.4 Å². The second kappa shape index (κ2) is 5.94. The van der Waals surface area contributed by atoms with Crippen LogP contribution in [0.15, 0.2) is 61.2 Å². The lowest BCUT2D eigenvalue weighted by Crippen LogP contribution is -1.98. The van der Waals surface area contributed by atoms with Crippen molar-refractivity contribution in [2.45, 2.75) is 0 Å². The fourth-order valence-electron chi connectivity index (χ4n) is 2.55. The lowest BCUT2D eigenvalue weighted by atomic mass is 10.3. The van der Waals surface area contributed by atoms with Gasteiger partial charge in [0.1, 0.15) is 35.7 Å². The Balaban J connectivity index is 1.78. The van der Waals surface area contributed by atoms with Gasteiger partial charge in [0.25, 0.3) is 0 Å². The molecule has 2 aromatic heterocycles. The number of halogens is 3. The number of rotatable bonds is 3. The van der Waals surface area contributed by atoms with Gasteiger partial charge in [-0.15, -0.1) is 0 Å². The normalized spacial score (nSPS) is 11.0. The number of aromatic nitrogens is 4. The van der Waals surface area contributed by atoms with Crippen molar-refractivity contribution in [3.63, 3.8) is 0 Å². The Bertz CT molecular complexity index is 1030. The fraction of sp³-hybridized carbons (Fsp3) is 0. The maximum atomic E-state index is 13.9. The van der Waals surface area contributed by atoms with E-state index in [1.807, 2.05) is 0 Å². The summed E-state index contributed by atoms with van der Waals surface area (Å²) in [5, 5.41) is 0. The molecule has 0 spiro atoms. The topological polar surface area (TPSA) is 35.6 Å². The largest absolute Gasteiger partial charge is 0.303 e. The maximum absolute atomic E-state index is 13.9. The fourth-order valence-corrected chi connectivity index (χ4v) is 2.55. The van der Waals surface area contributed by atoms with Gasteiger partial charge >= 0.3 is 0 Å². The number of imidazole rings is 2. The van der Waals surface area contributed by atoms with Gasteiger partial charge in [-0.1, -0.05) is 12.1 Å². The minimum absolute atomic E-state index is 0.252. The van der Waals surface area contributed by atoms with E-state index in [1.165, 1.54) is 39.9 Å². The molecule has 0 saturated heterocycles. The minimum atomic E-state index is -0.702. The summed E-state index contributed by atoms with van der Waals surface area (Å²) in [6.45, 7) is 0. The molecule has 0 amide bonds. The highest BCUT2D eigenvalue weighted by molar-refractivity contribution is 5.54. The maximum Gasteiger partial charge on any atom is 0.165 e. The SMILES string of the molecule is Fc1cc(F)cc(-n2c[c]nc2-c2cn(-c3ccccc3F)cn2)c1. The van der Waals surface area contributed by atoms with Crippen LogP contribution in [-0.2, 0) is 0 Å². The Kier molecular flexibility index (Phi) is 3.61. The standard InChI is InChI=1S/C18H10F3N4/c19-12-7-13(20)9-14(8-12)25-6-5-22-18(25)16-10-24(11-23-16)17-4-2-1-3-15(17)21/h1-4,6-11H. The highest BCUT2D eigenvalue weighted by Crippen LogP contribution is 2.23. The molecule has 123 valence electrons. The van der Waals surface area contributed by atoms with Crippen LogP contribution < -0.4 is 0 Å². The van der Waals surface area contributed by atoms with Gasteiger partial charge in [0.05, 0.1) is 11.4 Å². The summed E-state index contributed by atoms with van der Waals surface area (Å²) in [4.78, 5) is 8.29. The number of para-hydroxylation sites is 1. The Labute approximate surface area is 140 Å². The van der Waals surface area contributed by atoms with Crippen molar-refractivity contribution in [1.82, 2.24) is 19.1 Å². The van der Waals surface area contributed by atoms with E-state index in [9.17, 15) is 13.2 Å². The average molecular weight is 339 g/mol. The number of nitrogens with zero attached hydrogens (tertiary/aromatic N) is 4. The van der Waals surface area contributed by atoms with Crippen molar-refractivity contribution in [3.8, 4) is 22.9 Å². The molecule has 0 atom stereocenters. The summed E-state index contributed by atoms with van der Waals surface area (Å²) in [6.07, 6.45) is 7.12. The molecule has 2 aromatic carbocycles. The molecular formula is C18H10F3N4. The molecule has 0 N–H and O–H groups in total. The Morgan fingerprint density at radius 2 is 1.72 bits per heavy atom. The predicted octanol–water partition coefficient (Wildman–Crippen LogP) is 3.94. The van der Waals surface area contributed by atoms with Crippen LogP contribution >= 0.6 is 0 Å². The molecule has 0 saturated carbocycles. The zero-order valence-corrected chi connectivity index (χ0v) is 12.7. The molecule has 25 heavy (non-hydrogen) atoms. The third kappa shape index (κ3) is 2.80. The van der Waals surface area contributed by atoms with E-state index < -0.39 is 17.5 Å². The molecule has 0 unspecified atom stereocenters. The van der Waals surface area contributed by atoms with Gasteiger partial charge in [-0.3, -0.25) is 4.57 Å². The molecule has 0 aliphatic heterocycles. The first kappa shape index (κ1) is 15.2. The van der Waals surface area contributed by atoms with Crippen LogP contribution in [0, 0.1) is 23.6 Å². The van der Waals surface area contributed by atoms with Crippen molar-refractivity contribution >= 4 is 0 Å². The first-order chi connectivity index (χ1) is 12.1. The van der Waals surface area contributed by atoms with E-state index in [4.69, 9.17) is 0 Å². The van der Waals surface area contributed by atoms with Crippen molar-refractivity contribution in [3.05, 3.63) is 84.8 Å². The van der Waals surface area contributed by atoms with E-state index in [-0.39, 0.29) is 5.69 Å². The first-order valence-corrected chi connectivity index (χ1v) is 7.33. The molecule has 4 nitrogen and oxygen atoms in total. The van der Waals surface area contributed by atoms with Crippen LogP contribution in [-0.4, -0.2) is 19.1 Å². The second-order valence-electron chi connectivity index (χ2n) is 5.31. The van der Waals surface area contributed by atoms with E-state index >= 15 is 0 Å². The Morgan fingerprint density at radius 1 is 0.960 bits per heavy atom. The van der Waals surface area contributed by atoms with Crippen molar-refractivity contribution in [2.75, 3.05) is 0 Å². The molecule has 7 heteroatoms. The van der Waals surface area contributed by atoms with Crippen molar-refractivity contribution < 1.29 is 13.2 Å². The van der Waals surface area contributed by atoms with E-state index in [0.29, 0.717) is 17.2 Å². The highest BCUT2D eigenvalue weighted by atomic mass is 19.1. The summed E-state index contributed by atoms with van der Waals surface area (Å²) in [6, 6.07) is 9.41. The van der Waals surface area contributed by atoms with Crippen LogP contribution in [0.2, 0.25) is 0 Å². The molecule has 4 aromatic rings. The number of benzene rings is 2. The molecule has 0 aliphatic rings. The summed E-state index contributed by atoms with van der Waals surface area (Å²) in [7, 11) is 0. The lowest BCUT2D eigenvalue weighted by molar-refractivity contribution is 0.581.